The summed E-state index contributed by atoms with van der Waals surface area (Å²) in [5.41, 5.74) is -2.67. The van der Waals surface area contributed by atoms with E-state index in [1.807, 2.05) is 5.32 Å². The molecule has 1 amide bonds. The lowest BCUT2D eigenvalue weighted by atomic mass is 9.91. The molecule has 10 heteroatoms. The Balaban J connectivity index is 3.02. The highest BCUT2D eigenvalue weighted by molar-refractivity contribution is 6.67. The molecule has 0 aliphatic carbocycles. The van der Waals surface area contributed by atoms with Crippen LogP contribution in [0.5, 0.6) is 0 Å². The molecule has 0 aliphatic heterocycles. The minimum absolute atomic E-state index is 0.466. The topological polar surface area (TPSA) is 75.6 Å². The van der Waals surface area contributed by atoms with Gasteiger partial charge in [0, 0.05) is 11.6 Å². The van der Waals surface area contributed by atoms with Gasteiger partial charge in [-0.3, -0.25) is 0 Å². The first kappa shape index (κ1) is 18.7. The van der Waals surface area contributed by atoms with Gasteiger partial charge in [0.1, 0.15) is 18.2 Å². The van der Waals surface area contributed by atoms with Crippen molar-refractivity contribution in [1.29, 1.82) is 0 Å². The third-order valence-electron chi connectivity index (χ3n) is 2.62. The van der Waals surface area contributed by atoms with Crippen molar-refractivity contribution in [2.75, 3.05) is 6.61 Å². The molecule has 0 unspecified atom stereocenters. The van der Waals surface area contributed by atoms with Crippen LogP contribution in [-0.4, -0.2) is 27.6 Å². The Morgan fingerprint density at radius 3 is 2.36 bits per heavy atom. The molecule has 1 aromatic carbocycles. The first-order chi connectivity index (χ1) is 9.95. The number of benzene rings is 1. The van der Waals surface area contributed by atoms with Crippen LogP contribution >= 0.6 is 34.8 Å². The average molecular weight is 377 g/mol. The number of hydrogen-bond donors (Lipinski definition) is 2. The normalized spacial score (nSPS) is 14.1. The SMILES string of the molecule is C[C@@](NC(=O)OCC(Cl)(Cl)Cl)(C(=O)O)c1ccc(F)cc1F. The van der Waals surface area contributed by atoms with E-state index < -0.39 is 45.2 Å². The van der Waals surface area contributed by atoms with E-state index in [0.29, 0.717) is 6.07 Å². The molecular weight excluding hydrogens is 366 g/mol. The summed E-state index contributed by atoms with van der Waals surface area (Å²) in [6, 6.07) is 2.24. The molecule has 5 nitrogen and oxygen atoms in total. The van der Waals surface area contributed by atoms with Crippen molar-refractivity contribution >= 4 is 46.9 Å². The molecule has 0 spiro atoms. The predicted octanol–water partition coefficient (Wildman–Crippen LogP) is 3.36. The van der Waals surface area contributed by atoms with Crippen LogP contribution < -0.4 is 5.32 Å². The van der Waals surface area contributed by atoms with Crippen molar-refractivity contribution in [3.63, 3.8) is 0 Å². The quantitative estimate of drug-likeness (QED) is 0.790. The Hall–Kier alpha value is -1.31. The van der Waals surface area contributed by atoms with Gasteiger partial charge < -0.3 is 15.2 Å². The van der Waals surface area contributed by atoms with Gasteiger partial charge in [-0.25, -0.2) is 18.4 Å². The Morgan fingerprint density at radius 1 is 1.32 bits per heavy atom. The molecule has 0 saturated carbocycles. The number of carboxylic acids is 1. The second-order valence-electron chi connectivity index (χ2n) is 4.37. The minimum atomic E-state index is -2.21. The van der Waals surface area contributed by atoms with E-state index in [4.69, 9.17) is 34.8 Å². The van der Waals surface area contributed by atoms with Crippen LogP contribution in [0, 0.1) is 11.6 Å². The fourth-order valence-electron chi connectivity index (χ4n) is 1.52. The monoisotopic (exact) mass is 375 g/mol. The Kier molecular flexibility index (Phi) is 5.83. The van der Waals surface area contributed by atoms with Crippen LogP contribution in [-0.2, 0) is 15.1 Å². The highest BCUT2D eigenvalue weighted by Gasteiger charge is 2.40. The maximum atomic E-state index is 13.8. The summed E-state index contributed by atoms with van der Waals surface area (Å²) in [6.07, 6.45) is -1.25. The van der Waals surface area contributed by atoms with Gasteiger partial charge in [0.25, 0.3) is 0 Å². The van der Waals surface area contributed by atoms with Crippen LogP contribution in [0.1, 0.15) is 12.5 Å². The van der Waals surface area contributed by atoms with Gasteiger partial charge in [-0.2, -0.15) is 0 Å². The average Bonchev–Trinajstić information content (AvgIpc) is 2.35. The lowest BCUT2D eigenvalue weighted by Gasteiger charge is -2.27. The fourth-order valence-corrected chi connectivity index (χ4v) is 1.68. The zero-order valence-corrected chi connectivity index (χ0v) is 13.3. The molecule has 0 radical (unpaired) electrons. The van der Waals surface area contributed by atoms with E-state index in [1.165, 1.54) is 0 Å². The molecule has 122 valence electrons. The van der Waals surface area contributed by atoms with Crippen molar-refractivity contribution in [3.05, 3.63) is 35.4 Å². The highest BCUT2D eigenvalue weighted by atomic mass is 35.6. The second-order valence-corrected chi connectivity index (χ2v) is 6.89. The van der Waals surface area contributed by atoms with Gasteiger partial charge in [-0.1, -0.05) is 40.9 Å². The highest BCUT2D eigenvalue weighted by Crippen LogP contribution is 2.27. The molecule has 1 aromatic rings. The Morgan fingerprint density at radius 2 is 1.91 bits per heavy atom. The molecule has 0 bridgehead atoms. The third-order valence-corrected chi connectivity index (χ3v) is 2.94. The van der Waals surface area contributed by atoms with Crippen molar-refractivity contribution in [3.8, 4) is 0 Å². The maximum Gasteiger partial charge on any atom is 0.408 e. The number of nitrogens with one attached hydrogen (secondary N) is 1. The number of carboxylic acid groups (broad SMARTS) is 1. The first-order valence-electron chi connectivity index (χ1n) is 5.66. The molecule has 1 atom stereocenters. The molecule has 22 heavy (non-hydrogen) atoms. The number of carbonyl (C=O) groups is 2. The van der Waals surface area contributed by atoms with E-state index in [-0.39, 0.29) is 0 Å². The Bertz CT molecular complexity index is 594. The summed E-state index contributed by atoms with van der Waals surface area (Å²) in [7, 11) is 0. The summed E-state index contributed by atoms with van der Waals surface area (Å²) in [4.78, 5) is 23.0. The summed E-state index contributed by atoms with van der Waals surface area (Å²) in [6.45, 7) is 0.355. The number of aliphatic carboxylic acids is 1. The second kappa shape index (κ2) is 6.85. The maximum absolute atomic E-state index is 13.8. The predicted molar refractivity (Wildman–Crippen MR) is 76.1 cm³/mol. The van der Waals surface area contributed by atoms with E-state index in [2.05, 4.69) is 4.74 Å². The molecule has 0 heterocycles. The molecule has 2 N–H and O–H groups in total. The number of ether oxygens (including phenoxy) is 1. The minimum Gasteiger partial charge on any atom is -0.479 e. The molecule has 1 rings (SSSR count). The number of carbonyl (C=O) groups excluding carboxylic acids is 1. The van der Waals surface area contributed by atoms with Gasteiger partial charge in [0.05, 0.1) is 0 Å². The van der Waals surface area contributed by atoms with Crippen LogP contribution in [0.2, 0.25) is 0 Å². The van der Waals surface area contributed by atoms with Gasteiger partial charge in [-0.05, 0) is 13.0 Å². The van der Waals surface area contributed by atoms with Gasteiger partial charge in [0.2, 0.25) is 3.79 Å². The van der Waals surface area contributed by atoms with Crippen molar-refractivity contribution in [2.45, 2.75) is 16.3 Å². The van der Waals surface area contributed by atoms with E-state index >= 15 is 0 Å². The molecule has 0 saturated heterocycles. The van der Waals surface area contributed by atoms with Crippen molar-refractivity contribution in [1.82, 2.24) is 5.32 Å². The molecule has 0 aromatic heterocycles. The standard InChI is InChI=1S/C12H10Cl3F2NO4/c1-11(9(19)20,7-3-2-6(16)4-8(7)17)18-10(21)22-5-12(13,14)15/h2-4H,5H2,1H3,(H,18,21)(H,19,20)/t11-/m0/s1. The van der Waals surface area contributed by atoms with E-state index in [9.17, 15) is 23.5 Å². The zero-order chi connectivity index (χ0) is 17.1. The van der Waals surface area contributed by atoms with Crippen molar-refractivity contribution < 1.29 is 28.2 Å². The number of alkyl carbamates (subject to hydrolysis) is 1. The van der Waals surface area contributed by atoms with Crippen molar-refractivity contribution in [2.24, 2.45) is 0 Å². The van der Waals surface area contributed by atoms with Gasteiger partial charge in [-0.15, -0.1) is 0 Å². The number of hydrogen-bond acceptors (Lipinski definition) is 3. The van der Waals surface area contributed by atoms with Crippen LogP contribution in [0.15, 0.2) is 18.2 Å². The summed E-state index contributed by atoms with van der Waals surface area (Å²) in [5.74, 6) is -3.64. The van der Waals surface area contributed by atoms with Crippen LogP contribution in [0.3, 0.4) is 0 Å². The summed E-state index contributed by atoms with van der Waals surface area (Å²) in [5, 5.41) is 11.2. The smallest absolute Gasteiger partial charge is 0.408 e. The lowest BCUT2D eigenvalue weighted by Crippen LogP contribution is -2.50. The number of alkyl halides is 3. The van der Waals surface area contributed by atoms with Crippen LogP contribution in [0.25, 0.3) is 0 Å². The fraction of sp³-hybridized carbons (Fsp3) is 0.333. The summed E-state index contributed by atoms with van der Waals surface area (Å²) >= 11 is 16.1. The van der Waals surface area contributed by atoms with E-state index in [1.54, 1.807) is 0 Å². The van der Waals surface area contributed by atoms with Crippen LogP contribution in [0.4, 0.5) is 13.6 Å². The first-order valence-corrected chi connectivity index (χ1v) is 6.80. The molecule has 0 fully saturated rings. The summed E-state index contributed by atoms with van der Waals surface area (Å²) < 4.78 is 29.3. The zero-order valence-electron chi connectivity index (χ0n) is 11.0. The Labute approximate surface area is 139 Å². The lowest BCUT2D eigenvalue weighted by molar-refractivity contribution is -0.144. The van der Waals surface area contributed by atoms with Gasteiger partial charge >= 0.3 is 12.1 Å². The number of amides is 1. The van der Waals surface area contributed by atoms with E-state index in [0.717, 1.165) is 19.1 Å². The third kappa shape index (κ3) is 4.86. The largest absolute Gasteiger partial charge is 0.479 e. The number of rotatable bonds is 4. The molecular formula is C12H10Cl3F2NO4. The van der Waals surface area contributed by atoms with Gasteiger partial charge in [0.15, 0.2) is 5.54 Å². The number of halogens is 5. The molecule has 0 aliphatic rings.